The zero-order valence-electron chi connectivity index (χ0n) is 14.5. The van der Waals surface area contributed by atoms with Gasteiger partial charge in [-0.2, -0.15) is 12.6 Å². The van der Waals surface area contributed by atoms with E-state index >= 15 is 0 Å². The van der Waals surface area contributed by atoms with Crippen molar-refractivity contribution < 1.29 is 14.7 Å². The summed E-state index contributed by atoms with van der Waals surface area (Å²) >= 11 is 4.45. The number of nitrogens with one attached hydrogen (secondary N) is 1. The second-order valence-electron chi connectivity index (χ2n) is 6.94. The van der Waals surface area contributed by atoms with Crippen LogP contribution >= 0.6 is 12.6 Å². The predicted molar refractivity (Wildman–Crippen MR) is 104 cm³/mol. The van der Waals surface area contributed by atoms with Gasteiger partial charge >= 0.3 is 5.97 Å². The Bertz CT molecular complexity index is 793. The number of carboxylic acid groups (broad SMARTS) is 1. The third-order valence-corrected chi connectivity index (χ3v) is 5.80. The van der Waals surface area contributed by atoms with Crippen molar-refractivity contribution in [2.24, 2.45) is 5.41 Å². The minimum Gasteiger partial charge on any atom is -0.480 e. The maximum atomic E-state index is 13.0. The van der Waals surface area contributed by atoms with Gasteiger partial charge in [-0.05, 0) is 36.0 Å². The van der Waals surface area contributed by atoms with Crippen molar-refractivity contribution in [2.45, 2.75) is 31.7 Å². The average Bonchev–Trinajstić information content (AvgIpc) is 2.67. The monoisotopic (exact) mass is 369 g/mol. The standard InChI is InChI=1S/C21H23NO3S/c23-19(24)18(12-15-6-2-1-3-7-15)22-20(25)21(14-26)11-10-16-8-4-5-9-17(16)13-21/h1-9,18,26H,10-14H2,(H,22,25)(H,23,24)/t18-,21?/m0/s1. The maximum absolute atomic E-state index is 13.0. The number of rotatable bonds is 6. The Kier molecular flexibility index (Phi) is 5.67. The molecule has 0 spiro atoms. The van der Waals surface area contributed by atoms with Crippen LogP contribution < -0.4 is 5.32 Å². The molecule has 2 atom stereocenters. The molecule has 2 aromatic rings. The van der Waals surface area contributed by atoms with E-state index in [4.69, 9.17) is 0 Å². The van der Waals surface area contributed by atoms with E-state index in [2.05, 4.69) is 24.0 Å². The fourth-order valence-electron chi connectivity index (χ4n) is 3.56. The molecule has 1 aliphatic rings. The molecule has 0 aromatic heterocycles. The number of thiol groups is 1. The van der Waals surface area contributed by atoms with Crippen molar-refractivity contribution in [2.75, 3.05) is 5.75 Å². The van der Waals surface area contributed by atoms with E-state index in [1.807, 2.05) is 48.5 Å². The largest absolute Gasteiger partial charge is 0.480 e. The average molecular weight is 369 g/mol. The van der Waals surface area contributed by atoms with Crippen LogP contribution in [0.2, 0.25) is 0 Å². The summed E-state index contributed by atoms with van der Waals surface area (Å²) in [6, 6.07) is 16.5. The number of carbonyl (C=O) groups is 2. The first kappa shape index (κ1) is 18.5. The number of benzene rings is 2. The summed E-state index contributed by atoms with van der Waals surface area (Å²) in [6.45, 7) is 0. The summed E-state index contributed by atoms with van der Waals surface area (Å²) in [5, 5.41) is 12.3. The molecule has 136 valence electrons. The smallest absolute Gasteiger partial charge is 0.326 e. The van der Waals surface area contributed by atoms with E-state index in [1.54, 1.807) is 0 Å². The lowest BCUT2D eigenvalue weighted by molar-refractivity contribution is -0.143. The minimum atomic E-state index is -1.02. The van der Waals surface area contributed by atoms with Gasteiger partial charge in [-0.15, -0.1) is 0 Å². The molecule has 1 amide bonds. The second kappa shape index (κ2) is 7.96. The maximum Gasteiger partial charge on any atom is 0.326 e. The Morgan fingerprint density at radius 2 is 1.73 bits per heavy atom. The molecule has 0 heterocycles. The van der Waals surface area contributed by atoms with Gasteiger partial charge in [0.15, 0.2) is 0 Å². The van der Waals surface area contributed by atoms with Crippen molar-refractivity contribution >= 4 is 24.5 Å². The zero-order chi connectivity index (χ0) is 18.6. The Hall–Kier alpha value is -2.27. The fraction of sp³-hybridized carbons (Fsp3) is 0.333. The Balaban J connectivity index is 1.77. The van der Waals surface area contributed by atoms with Crippen molar-refractivity contribution in [1.29, 1.82) is 0 Å². The van der Waals surface area contributed by atoms with Crippen molar-refractivity contribution in [3.8, 4) is 0 Å². The molecule has 0 aliphatic heterocycles. The van der Waals surface area contributed by atoms with Gasteiger partial charge in [0.2, 0.25) is 5.91 Å². The molecule has 0 bridgehead atoms. The molecule has 0 fully saturated rings. The minimum absolute atomic E-state index is 0.217. The van der Waals surface area contributed by atoms with Gasteiger partial charge in [0.05, 0.1) is 5.41 Å². The van der Waals surface area contributed by atoms with Gasteiger partial charge in [0, 0.05) is 12.2 Å². The van der Waals surface area contributed by atoms with E-state index in [1.165, 1.54) is 5.56 Å². The van der Waals surface area contributed by atoms with Crippen molar-refractivity contribution in [3.05, 3.63) is 71.3 Å². The highest BCUT2D eigenvalue weighted by Crippen LogP contribution is 2.37. The van der Waals surface area contributed by atoms with Gasteiger partial charge in [-0.25, -0.2) is 4.79 Å². The van der Waals surface area contributed by atoms with Crippen LogP contribution in [0.15, 0.2) is 54.6 Å². The van der Waals surface area contributed by atoms with Gasteiger partial charge in [0.1, 0.15) is 6.04 Å². The predicted octanol–water partition coefficient (Wildman–Crippen LogP) is 2.90. The summed E-state index contributed by atoms with van der Waals surface area (Å²) in [6.07, 6.45) is 2.34. The Labute approximate surface area is 159 Å². The molecule has 5 heteroatoms. The van der Waals surface area contributed by atoms with Crippen LogP contribution in [-0.4, -0.2) is 28.8 Å². The van der Waals surface area contributed by atoms with E-state index in [0.29, 0.717) is 18.6 Å². The van der Waals surface area contributed by atoms with Gasteiger partial charge in [-0.1, -0.05) is 54.6 Å². The molecule has 2 N–H and O–H groups in total. The van der Waals surface area contributed by atoms with E-state index in [0.717, 1.165) is 17.5 Å². The molecule has 26 heavy (non-hydrogen) atoms. The molecule has 3 rings (SSSR count). The van der Waals surface area contributed by atoms with Crippen molar-refractivity contribution in [1.82, 2.24) is 5.32 Å². The normalized spacial score (nSPS) is 20.0. The number of hydrogen-bond donors (Lipinski definition) is 3. The van der Waals surface area contributed by atoms with Gasteiger partial charge in [0.25, 0.3) is 0 Å². The number of carboxylic acids is 1. The van der Waals surface area contributed by atoms with Crippen LogP contribution in [0.25, 0.3) is 0 Å². The third kappa shape index (κ3) is 3.93. The first-order valence-corrected chi connectivity index (χ1v) is 9.43. The van der Waals surface area contributed by atoms with Gasteiger partial charge < -0.3 is 10.4 Å². The molecular weight excluding hydrogens is 346 g/mol. The number of amides is 1. The summed E-state index contributed by atoms with van der Waals surface area (Å²) in [7, 11) is 0. The highest BCUT2D eigenvalue weighted by molar-refractivity contribution is 7.80. The molecular formula is C21H23NO3S. The lowest BCUT2D eigenvalue weighted by atomic mass is 9.72. The molecule has 0 saturated heterocycles. The van der Waals surface area contributed by atoms with E-state index in [9.17, 15) is 14.7 Å². The molecule has 1 aliphatic carbocycles. The van der Waals surface area contributed by atoms with Crippen LogP contribution in [0.3, 0.4) is 0 Å². The van der Waals surface area contributed by atoms with E-state index < -0.39 is 17.4 Å². The number of aliphatic carboxylic acids is 1. The first-order valence-electron chi connectivity index (χ1n) is 8.79. The molecule has 2 aromatic carbocycles. The second-order valence-corrected chi connectivity index (χ2v) is 7.25. The zero-order valence-corrected chi connectivity index (χ0v) is 15.4. The summed E-state index contributed by atoms with van der Waals surface area (Å²) < 4.78 is 0. The number of carbonyl (C=O) groups excluding carboxylic acids is 1. The molecule has 0 saturated carbocycles. The quantitative estimate of drug-likeness (QED) is 0.686. The van der Waals surface area contributed by atoms with Gasteiger partial charge in [-0.3, -0.25) is 4.79 Å². The number of aryl methyl sites for hydroxylation is 1. The van der Waals surface area contributed by atoms with Crippen molar-refractivity contribution in [3.63, 3.8) is 0 Å². The van der Waals surface area contributed by atoms with E-state index in [-0.39, 0.29) is 12.3 Å². The Morgan fingerprint density at radius 3 is 2.38 bits per heavy atom. The summed E-state index contributed by atoms with van der Waals surface area (Å²) in [5.41, 5.74) is 2.63. The molecule has 1 unspecified atom stereocenters. The van der Waals surface area contributed by atoms with Crippen LogP contribution in [0.5, 0.6) is 0 Å². The summed E-state index contributed by atoms with van der Waals surface area (Å²) in [4.78, 5) is 24.7. The molecule has 4 nitrogen and oxygen atoms in total. The summed E-state index contributed by atoms with van der Waals surface area (Å²) in [5.74, 6) is -0.844. The lowest BCUT2D eigenvalue weighted by Crippen LogP contribution is -2.52. The first-order chi connectivity index (χ1) is 12.5. The van der Waals surface area contributed by atoms with Crippen LogP contribution in [0.1, 0.15) is 23.1 Å². The highest BCUT2D eigenvalue weighted by atomic mass is 32.1. The topological polar surface area (TPSA) is 66.4 Å². The van der Waals surface area contributed by atoms with Crippen LogP contribution in [0, 0.1) is 5.41 Å². The van der Waals surface area contributed by atoms with Crippen LogP contribution in [0.4, 0.5) is 0 Å². The third-order valence-electron chi connectivity index (χ3n) is 5.19. The number of hydrogen-bond acceptors (Lipinski definition) is 3. The Morgan fingerprint density at radius 1 is 1.08 bits per heavy atom. The number of fused-ring (bicyclic) bond motifs is 1. The highest BCUT2D eigenvalue weighted by Gasteiger charge is 2.41. The lowest BCUT2D eigenvalue weighted by Gasteiger charge is -2.36. The SMILES string of the molecule is O=C(O)[C@H](Cc1ccccc1)NC(=O)C1(CS)CCc2ccccc2C1. The molecule has 0 radical (unpaired) electrons. The fourth-order valence-corrected chi connectivity index (χ4v) is 3.98. The van der Waals surface area contributed by atoms with Crippen LogP contribution in [-0.2, 0) is 28.9 Å².